The third-order valence-electron chi connectivity index (χ3n) is 6.56. The first-order valence-electron chi connectivity index (χ1n) is 11.7. The minimum absolute atomic E-state index is 0.0313. The van der Waals surface area contributed by atoms with Crippen LogP contribution in [0.4, 0.5) is 0 Å². The molecule has 35 heavy (non-hydrogen) atoms. The van der Waals surface area contributed by atoms with E-state index in [1.807, 2.05) is 61.5 Å². The van der Waals surface area contributed by atoms with E-state index in [-0.39, 0.29) is 17.2 Å². The number of aryl methyl sites for hydroxylation is 1. The number of hydrogen-bond donors (Lipinski definition) is 0. The molecular weight excluding hydrogens is 440 g/mol. The van der Waals surface area contributed by atoms with Gasteiger partial charge in [-0.1, -0.05) is 54.1 Å². The van der Waals surface area contributed by atoms with Crippen molar-refractivity contribution < 1.29 is 14.0 Å². The van der Waals surface area contributed by atoms with Crippen LogP contribution in [0.15, 0.2) is 82.0 Å². The van der Waals surface area contributed by atoms with E-state index >= 15 is 0 Å². The second kappa shape index (κ2) is 9.22. The van der Waals surface area contributed by atoms with Gasteiger partial charge in [0.15, 0.2) is 11.0 Å². The van der Waals surface area contributed by atoms with Crippen molar-refractivity contribution >= 4 is 22.8 Å². The zero-order valence-electron chi connectivity index (χ0n) is 19.8. The number of carbonyl (C=O) groups excluding carboxylic acids is 2. The number of nitrogens with zero attached hydrogens (tertiary/aromatic N) is 2. The molecule has 0 aliphatic carbocycles. The Morgan fingerprint density at radius 3 is 2.03 bits per heavy atom. The summed E-state index contributed by atoms with van der Waals surface area (Å²) >= 11 is 0. The Hall–Kier alpha value is -4.19. The van der Waals surface area contributed by atoms with Crippen molar-refractivity contribution in [2.45, 2.75) is 13.8 Å². The number of fused-ring (bicyclic) bond motifs is 1. The van der Waals surface area contributed by atoms with Crippen molar-refractivity contribution in [1.29, 1.82) is 0 Å². The van der Waals surface area contributed by atoms with Crippen LogP contribution in [0.25, 0.3) is 22.3 Å². The van der Waals surface area contributed by atoms with Crippen LogP contribution in [-0.2, 0) is 0 Å². The summed E-state index contributed by atoms with van der Waals surface area (Å²) in [5, 5.41) is 0.390. The first-order chi connectivity index (χ1) is 16.9. The third-order valence-corrected chi connectivity index (χ3v) is 6.56. The minimum atomic E-state index is -0.205. The maximum absolute atomic E-state index is 13.5. The largest absolute Gasteiger partial charge is 0.455 e. The Kier molecular flexibility index (Phi) is 5.95. The number of hydrogen-bond acceptors (Lipinski definition) is 4. The van der Waals surface area contributed by atoms with Gasteiger partial charge in [0.1, 0.15) is 5.76 Å². The van der Waals surface area contributed by atoms with Crippen LogP contribution in [0, 0.1) is 13.8 Å². The standard InChI is InChI=1S/C29H26N2O4/c1-19-11-13-22(14-12-19)28(33)30-15-17-31(18-16-30)29(34)24-10-6-9-23-25(32)20(2)26(35-27(23)24)21-7-4-3-5-8-21/h3-14H,15-18H2,1-2H3. The molecular formula is C29H26N2O4. The summed E-state index contributed by atoms with van der Waals surface area (Å²) < 4.78 is 6.22. The van der Waals surface area contributed by atoms with Crippen LogP contribution in [0.1, 0.15) is 31.8 Å². The summed E-state index contributed by atoms with van der Waals surface area (Å²) in [6, 6.07) is 22.0. The molecule has 1 aromatic heterocycles. The van der Waals surface area contributed by atoms with E-state index in [1.165, 1.54) is 0 Å². The maximum Gasteiger partial charge on any atom is 0.257 e. The van der Waals surface area contributed by atoms with Crippen molar-refractivity contribution in [1.82, 2.24) is 9.80 Å². The predicted octanol–water partition coefficient (Wildman–Crippen LogP) is 4.68. The van der Waals surface area contributed by atoms with Crippen molar-refractivity contribution in [3.05, 3.63) is 105 Å². The molecule has 1 aliphatic heterocycles. The van der Waals surface area contributed by atoms with Crippen molar-refractivity contribution in [2.75, 3.05) is 26.2 Å². The molecule has 0 bridgehead atoms. The summed E-state index contributed by atoms with van der Waals surface area (Å²) in [7, 11) is 0. The molecule has 4 aromatic rings. The maximum atomic E-state index is 13.5. The van der Waals surface area contributed by atoms with Crippen LogP contribution < -0.4 is 5.43 Å². The molecule has 1 aliphatic rings. The van der Waals surface area contributed by atoms with E-state index in [9.17, 15) is 14.4 Å². The lowest BCUT2D eigenvalue weighted by atomic mass is 10.0. The van der Waals surface area contributed by atoms with Crippen LogP contribution in [0.5, 0.6) is 0 Å². The van der Waals surface area contributed by atoms with Gasteiger partial charge in [0, 0.05) is 42.9 Å². The topological polar surface area (TPSA) is 70.8 Å². The minimum Gasteiger partial charge on any atom is -0.455 e. The summed E-state index contributed by atoms with van der Waals surface area (Å²) in [6.45, 7) is 5.44. The highest BCUT2D eigenvalue weighted by Gasteiger charge is 2.27. The molecule has 1 saturated heterocycles. The number of carbonyl (C=O) groups is 2. The summed E-state index contributed by atoms with van der Waals surface area (Å²) in [5.74, 6) is 0.233. The zero-order chi connectivity index (χ0) is 24.5. The Labute approximate surface area is 203 Å². The smallest absolute Gasteiger partial charge is 0.257 e. The van der Waals surface area contributed by atoms with Gasteiger partial charge >= 0.3 is 0 Å². The number of piperazine rings is 1. The molecule has 176 valence electrons. The molecule has 6 nitrogen and oxygen atoms in total. The molecule has 0 saturated carbocycles. The van der Waals surface area contributed by atoms with Crippen LogP contribution in [0.2, 0.25) is 0 Å². The van der Waals surface area contributed by atoms with E-state index in [2.05, 4.69) is 0 Å². The molecule has 0 radical (unpaired) electrons. The highest BCUT2D eigenvalue weighted by molar-refractivity contribution is 6.05. The first-order valence-corrected chi connectivity index (χ1v) is 11.7. The van der Waals surface area contributed by atoms with Gasteiger partial charge in [-0.05, 0) is 38.1 Å². The van der Waals surface area contributed by atoms with Gasteiger partial charge in [-0.2, -0.15) is 0 Å². The second-order valence-corrected chi connectivity index (χ2v) is 8.88. The summed E-state index contributed by atoms with van der Waals surface area (Å²) in [5.41, 5.74) is 3.55. The Morgan fingerprint density at radius 1 is 0.743 bits per heavy atom. The fourth-order valence-electron chi connectivity index (χ4n) is 4.50. The quantitative estimate of drug-likeness (QED) is 0.440. The number of para-hydroxylation sites is 1. The Balaban J connectivity index is 1.41. The first kappa shape index (κ1) is 22.6. The van der Waals surface area contributed by atoms with Gasteiger partial charge in [-0.25, -0.2) is 0 Å². The molecule has 6 heteroatoms. The SMILES string of the molecule is Cc1ccc(C(=O)N2CCN(C(=O)c3cccc4c(=O)c(C)c(-c5ccccc5)oc34)CC2)cc1. The molecule has 2 heterocycles. The molecule has 5 rings (SSSR count). The van der Waals surface area contributed by atoms with Gasteiger partial charge in [0.2, 0.25) is 0 Å². The van der Waals surface area contributed by atoms with Gasteiger partial charge < -0.3 is 14.2 Å². The van der Waals surface area contributed by atoms with Crippen LogP contribution in [0.3, 0.4) is 0 Å². The summed E-state index contributed by atoms with van der Waals surface area (Å²) in [4.78, 5) is 43.0. The van der Waals surface area contributed by atoms with Crippen LogP contribution >= 0.6 is 0 Å². The summed E-state index contributed by atoms with van der Waals surface area (Å²) in [6.07, 6.45) is 0. The average molecular weight is 467 g/mol. The Bertz CT molecular complexity index is 1460. The van der Waals surface area contributed by atoms with Gasteiger partial charge in [-0.3, -0.25) is 14.4 Å². The highest BCUT2D eigenvalue weighted by atomic mass is 16.3. The molecule has 3 aromatic carbocycles. The fraction of sp³-hybridized carbons (Fsp3) is 0.207. The van der Waals surface area contributed by atoms with E-state index < -0.39 is 0 Å². The molecule has 0 atom stereocenters. The van der Waals surface area contributed by atoms with Gasteiger partial charge in [0.05, 0.1) is 10.9 Å². The Morgan fingerprint density at radius 2 is 1.37 bits per heavy atom. The number of amides is 2. The zero-order valence-corrected chi connectivity index (χ0v) is 19.8. The predicted molar refractivity (Wildman–Crippen MR) is 136 cm³/mol. The van der Waals surface area contributed by atoms with E-state index in [0.29, 0.717) is 59.6 Å². The lowest BCUT2D eigenvalue weighted by Gasteiger charge is -2.35. The molecule has 0 unspecified atom stereocenters. The normalized spacial score (nSPS) is 13.8. The van der Waals surface area contributed by atoms with Gasteiger partial charge in [0.25, 0.3) is 11.8 Å². The van der Waals surface area contributed by atoms with E-state index in [0.717, 1.165) is 11.1 Å². The number of benzene rings is 3. The fourth-order valence-corrected chi connectivity index (χ4v) is 4.50. The monoisotopic (exact) mass is 466 g/mol. The molecule has 2 amide bonds. The van der Waals surface area contributed by atoms with Crippen molar-refractivity contribution in [3.63, 3.8) is 0 Å². The number of rotatable bonds is 3. The molecule has 0 N–H and O–H groups in total. The molecule has 1 fully saturated rings. The lowest BCUT2D eigenvalue weighted by Crippen LogP contribution is -2.50. The van der Waals surface area contributed by atoms with Crippen LogP contribution in [-0.4, -0.2) is 47.8 Å². The molecule has 0 spiro atoms. The van der Waals surface area contributed by atoms with E-state index in [4.69, 9.17) is 4.42 Å². The lowest BCUT2D eigenvalue weighted by molar-refractivity contribution is 0.0536. The van der Waals surface area contributed by atoms with Gasteiger partial charge in [-0.15, -0.1) is 0 Å². The average Bonchev–Trinajstić information content (AvgIpc) is 2.90. The van der Waals surface area contributed by atoms with Crippen molar-refractivity contribution in [2.24, 2.45) is 0 Å². The second-order valence-electron chi connectivity index (χ2n) is 8.88. The van der Waals surface area contributed by atoms with Crippen molar-refractivity contribution in [3.8, 4) is 11.3 Å². The third kappa shape index (κ3) is 4.23. The highest BCUT2D eigenvalue weighted by Crippen LogP contribution is 2.28. The van der Waals surface area contributed by atoms with E-state index in [1.54, 1.807) is 34.9 Å².